The minimum absolute atomic E-state index is 0.282. The van der Waals surface area contributed by atoms with Gasteiger partial charge in [0.15, 0.2) is 0 Å². The lowest BCUT2D eigenvalue weighted by atomic mass is 10.2. The third kappa shape index (κ3) is 1.76. The summed E-state index contributed by atoms with van der Waals surface area (Å²) in [6, 6.07) is 11.7. The van der Waals surface area contributed by atoms with Crippen molar-refractivity contribution in [2.45, 2.75) is 6.92 Å². The van der Waals surface area contributed by atoms with Crippen molar-refractivity contribution in [3.05, 3.63) is 42.1 Å². The summed E-state index contributed by atoms with van der Waals surface area (Å²) >= 11 is 0. The second-order valence-corrected chi connectivity index (χ2v) is 3.56. The SMILES string of the molecule is CCOC(=O)c1ccc2ccccc2[n+]1C. The first-order chi connectivity index (χ1) is 7.74. The van der Waals surface area contributed by atoms with Crippen LogP contribution in [0, 0.1) is 0 Å². The molecular weight excluding hydrogens is 202 g/mol. The van der Waals surface area contributed by atoms with Crippen LogP contribution in [0.15, 0.2) is 36.4 Å². The lowest BCUT2D eigenvalue weighted by Gasteiger charge is -2.02. The van der Waals surface area contributed by atoms with Gasteiger partial charge in [-0.3, -0.25) is 0 Å². The summed E-state index contributed by atoms with van der Waals surface area (Å²) in [5, 5.41) is 1.11. The summed E-state index contributed by atoms with van der Waals surface area (Å²) in [6.07, 6.45) is 0. The Morgan fingerprint density at radius 3 is 2.75 bits per heavy atom. The van der Waals surface area contributed by atoms with Gasteiger partial charge < -0.3 is 4.74 Å². The first-order valence-electron chi connectivity index (χ1n) is 5.29. The van der Waals surface area contributed by atoms with Gasteiger partial charge in [0.25, 0.3) is 5.69 Å². The van der Waals surface area contributed by atoms with E-state index in [1.54, 1.807) is 13.0 Å². The highest BCUT2D eigenvalue weighted by atomic mass is 16.5. The number of rotatable bonds is 2. The third-order valence-corrected chi connectivity index (χ3v) is 2.56. The van der Waals surface area contributed by atoms with Gasteiger partial charge in [-0.25, -0.2) is 4.79 Å². The largest absolute Gasteiger partial charge is 0.458 e. The molecule has 0 aliphatic rings. The molecule has 0 atom stereocenters. The summed E-state index contributed by atoms with van der Waals surface area (Å²) in [5.41, 5.74) is 1.59. The van der Waals surface area contributed by atoms with Crippen LogP contribution in [0.3, 0.4) is 0 Å². The summed E-state index contributed by atoms with van der Waals surface area (Å²) in [6.45, 7) is 2.20. The molecule has 1 aromatic heterocycles. The average Bonchev–Trinajstić information content (AvgIpc) is 2.30. The van der Waals surface area contributed by atoms with Gasteiger partial charge in [0.05, 0.1) is 6.61 Å². The highest BCUT2D eigenvalue weighted by molar-refractivity contribution is 5.88. The second-order valence-electron chi connectivity index (χ2n) is 3.56. The summed E-state index contributed by atoms with van der Waals surface area (Å²) in [5.74, 6) is -0.282. The van der Waals surface area contributed by atoms with Crippen LogP contribution in [-0.4, -0.2) is 12.6 Å². The number of aryl methyl sites for hydroxylation is 1. The van der Waals surface area contributed by atoms with Gasteiger partial charge in [0, 0.05) is 17.5 Å². The average molecular weight is 216 g/mol. The van der Waals surface area contributed by atoms with Gasteiger partial charge in [-0.2, -0.15) is 4.57 Å². The Morgan fingerprint density at radius 2 is 2.00 bits per heavy atom. The predicted octanol–water partition coefficient (Wildman–Crippen LogP) is 1.84. The van der Waals surface area contributed by atoms with Crippen molar-refractivity contribution in [2.24, 2.45) is 7.05 Å². The Morgan fingerprint density at radius 1 is 1.25 bits per heavy atom. The molecule has 0 fully saturated rings. The maximum atomic E-state index is 11.7. The monoisotopic (exact) mass is 216 g/mol. The zero-order valence-corrected chi connectivity index (χ0v) is 9.43. The number of carbonyl (C=O) groups excluding carboxylic acids is 1. The quantitative estimate of drug-likeness (QED) is 0.566. The Labute approximate surface area is 94.3 Å². The lowest BCUT2D eigenvalue weighted by Crippen LogP contribution is -2.37. The zero-order valence-electron chi connectivity index (χ0n) is 9.43. The van der Waals surface area contributed by atoms with E-state index >= 15 is 0 Å². The topological polar surface area (TPSA) is 30.2 Å². The molecule has 0 amide bonds. The summed E-state index contributed by atoms with van der Waals surface area (Å²) in [4.78, 5) is 11.7. The van der Waals surface area contributed by atoms with E-state index in [0.29, 0.717) is 12.3 Å². The van der Waals surface area contributed by atoms with E-state index in [1.165, 1.54) is 0 Å². The molecule has 3 nitrogen and oxygen atoms in total. The van der Waals surface area contributed by atoms with Crippen LogP contribution in [0.25, 0.3) is 10.9 Å². The predicted molar refractivity (Wildman–Crippen MR) is 61.1 cm³/mol. The maximum Gasteiger partial charge on any atom is 0.403 e. The molecule has 0 radical (unpaired) electrons. The molecule has 1 heterocycles. The van der Waals surface area contributed by atoms with E-state index in [0.717, 1.165) is 10.9 Å². The zero-order chi connectivity index (χ0) is 11.5. The van der Waals surface area contributed by atoms with Crippen molar-refractivity contribution >= 4 is 16.9 Å². The number of fused-ring (bicyclic) bond motifs is 1. The number of hydrogen-bond donors (Lipinski definition) is 0. The molecule has 2 rings (SSSR count). The molecular formula is C13H14NO2+. The molecule has 0 saturated carbocycles. The summed E-state index contributed by atoms with van der Waals surface area (Å²) in [7, 11) is 1.87. The molecule has 82 valence electrons. The minimum atomic E-state index is -0.282. The van der Waals surface area contributed by atoms with Gasteiger partial charge in [0.1, 0.15) is 7.05 Å². The normalized spacial score (nSPS) is 10.4. The van der Waals surface area contributed by atoms with Crippen molar-refractivity contribution in [1.82, 2.24) is 0 Å². The number of esters is 1. The Bertz CT molecular complexity index is 534. The number of carbonyl (C=O) groups is 1. The van der Waals surface area contributed by atoms with Crippen LogP contribution in [0.1, 0.15) is 17.4 Å². The molecule has 0 aliphatic heterocycles. The molecule has 1 aromatic carbocycles. The first kappa shape index (κ1) is 10.6. The molecule has 0 spiro atoms. The van der Waals surface area contributed by atoms with E-state index in [4.69, 9.17) is 4.74 Å². The highest BCUT2D eigenvalue weighted by Crippen LogP contribution is 2.10. The van der Waals surface area contributed by atoms with Crippen molar-refractivity contribution < 1.29 is 14.1 Å². The lowest BCUT2D eigenvalue weighted by molar-refractivity contribution is -0.647. The fourth-order valence-electron chi connectivity index (χ4n) is 1.75. The number of ether oxygens (including phenoxy) is 1. The molecule has 3 heteroatoms. The number of para-hydroxylation sites is 1. The third-order valence-electron chi connectivity index (χ3n) is 2.56. The van der Waals surface area contributed by atoms with Gasteiger partial charge in [-0.05, 0) is 19.1 Å². The van der Waals surface area contributed by atoms with Crippen LogP contribution in [0.5, 0.6) is 0 Å². The Kier molecular flexibility index (Phi) is 2.86. The van der Waals surface area contributed by atoms with Crippen molar-refractivity contribution in [1.29, 1.82) is 0 Å². The van der Waals surface area contributed by atoms with E-state index in [2.05, 4.69) is 0 Å². The molecule has 2 aromatic rings. The number of aromatic nitrogens is 1. The van der Waals surface area contributed by atoms with Gasteiger partial charge in [0.2, 0.25) is 5.52 Å². The van der Waals surface area contributed by atoms with Gasteiger partial charge >= 0.3 is 5.97 Å². The van der Waals surface area contributed by atoms with Crippen LogP contribution in [-0.2, 0) is 11.8 Å². The van der Waals surface area contributed by atoms with E-state index in [-0.39, 0.29) is 5.97 Å². The molecule has 0 bridgehead atoms. The molecule has 0 saturated heterocycles. The van der Waals surface area contributed by atoms with Crippen LogP contribution >= 0.6 is 0 Å². The van der Waals surface area contributed by atoms with Crippen molar-refractivity contribution in [3.8, 4) is 0 Å². The smallest absolute Gasteiger partial charge is 0.403 e. The van der Waals surface area contributed by atoms with Crippen LogP contribution in [0.4, 0.5) is 0 Å². The number of pyridine rings is 1. The number of nitrogens with zero attached hydrogens (tertiary/aromatic N) is 1. The second kappa shape index (κ2) is 4.31. The molecule has 16 heavy (non-hydrogen) atoms. The van der Waals surface area contributed by atoms with Crippen LogP contribution in [0.2, 0.25) is 0 Å². The number of hydrogen-bond acceptors (Lipinski definition) is 2. The van der Waals surface area contributed by atoms with E-state index in [1.807, 2.05) is 41.9 Å². The number of benzene rings is 1. The van der Waals surface area contributed by atoms with E-state index in [9.17, 15) is 4.79 Å². The Balaban J connectivity index is 2.56. The molecule has 0 N–H and O–H groups in total. The fourth-order valence-corrected chi connectivity index (χ4v) is 1.75. The molecule has 0 aliphatic carbocycles. The van der Waals surface area contributed by atoms with Crippen LogP contribution < -0.4 is 4.57 Å². The standard InChI is InChI=1S/C13H14NO2/c1-3-16-13(15)12-9-8-10-6-4-5-7-11(10)14(12)2/h4-9H,3H2,1-2H3/q+1. The minimum Gasteiger partial charge on any atom is -0.458 e. The Hall–Kier alpha value is -1.90. The fraction of sp³-hybridized carbons (Fsp3) is 0.231. The van der Waals surface area contributed by atoms with Crippen molar-refractivity contribution in [3.63, 3.8) is 0 Å². The highest BCUT2D eigenvalue weighted by Gasteiger charge is 2.19. The maximum absolute atomic E-state index is 11.7. The first-order valence-corrected chi connectivity index (χ1v) is 5.29. The van der Waals surface area contributed by atoms with Gasteiger partial charge in [-0.1, -0.05) is 12.1 Å². The molecule has 0 unspecified atom stereocenters. The summed E-state index contributed by atoms with van der Waals surface area (Å²) < 4.78 is 6.85. The van der Waals surface area contributed by atoms with Crippen molar-refractivity contribution in [2.75, 3.05) is 6.61 Å². The van der Waals surface area contributed by atoms with E-state index < -0.39 is 0 Å². The van der Waals surface area contributed by atoms with Gasteiger partial charge in [-0.15, -0.1) is 0 Å².